The lowest BCUT2D eigenvalue weighted by atomic mass is 9.83. The highest BCUT2D eigenvalue weighted by Gasteiger charge is 2.19. The van der Waals surface area contributed by atoms with E-state index in [1.807, 2.05) is 12.1 Å². The largest absolute Gasteiger partial charge is 0.303 e. The fourth-order valence-electron chi connectivity index (χ4n) is 2.96. The second kappa shape index (κ2) is 7.05. The summed E-state index contributed by atoms with van der Waals surface area (Å²) in [6.07, 6.45) is 7.80. The topological polar surface area (TPSA) is 46.4 Å². The minimum absolute atomic E-state index is 0.0241. The van der Waals surface area contributed by atoms with Gasteiger partial charge in [-0.25, -0.2) is 0 Å². The Morgan fingerprint density at radius 2 is 1.95 bits per heavy atom. The van der Waals surface area contributed by atoms with Crippen molar-refractivity contribution in [1.82, 2.24) is 4.90 Å². The fraction of sp³-hybridized carbons (Fsp3) is 0.556. The molecular formula is C18H26N2O2. The number of nitro groups is 1. The molecule has 1 aromatic rings. The molecule has 1 fully saturated rings. The fourth-order valence-corrected chi connectivity index (χ4v) is 2.96. The quantitative estimate of drug-likeness (QED) is 0.598. The Morgan fingerprint density at radius 3 is 2.55 bits per heavy atom. The van der Waals surface area contributed by atoms with Crippen LogP contribution in [-0.2, 0) is 5.41 Å². The average molecular weight is 302 g/mol. The zero-order chi connectivity index (χ0) is 16.2. The third kappa shape index (κ3) is 4.41. The molecule has 0 bridgehead atoms. The SMILES string of the molecule is CC(C)(C)c1ccc([N+](=O)[O-])cc1C=CCCN1CCCC1. The first kappa shape index (κ1) is 16.7. The van der Waals surface area contributed by atoms with Gasteiger partial charge in [-0.1, -0.05) is 39.0 Å². The van der Waals surface area contributed by atoms with Crippen LogP contribution in [0.3, 0.4) is 0 Å². The summed E-state index contributed by atoms with van der Waals surface area (Å²) in [6, 6.07) is 5.17. The van der Waals surface area contributed by atoms with Gasteiger partial charge in [0, 0.05) is 18.7 Å². The number of likely N-dealkylation sites (tertiary alicyclic amines) is 1. The van der Waals surface area contributed by atoms with Gasteiger partial charge < -0.3 is 4.90 Å². The number of nitro benzene ring substituents is 1. The van der Waals surface area contributed by atoms with Crippen LogP contribution in [0.1, 0.15) is 51.2 Å². The molecule has 2 rings (SSSR count). The Bertz CT molecular complexity index is 553. The molecule has 1 heterocycles. The number of hydrogen-bond donors (Lipinski definition) is 0. The standard InChI is InChI=1S/C18H26N2O2/c1-18(2,3)17-10-9-16(20(21)22)14-15(17)8-4-5-11-19-12-6-7-13-19/h4,8-10,14H,5-7,11-13H2,1-3H3. The monoisotopic (exact) mass is 302 g/mol. The number of benzene rings is 1. The second-order valence-electron chi connectivity index (χ2n) is 7.02. The van der Waals surface area contributed by atoms with Crippen molar-refractivity contribution < 1.29 is 4.92 Å². The van der Waals surface area contributed by atoms with E-state index in [4.69, 9.17) is 0 Å². The lowest BCUT2D eigenvalue weighted by Crippen LogP contribution is -2.19. The van der Waals surface area contributed by atoms with Crippen LogP contribution >= 0.6 is 0 Å². The number of non-ortho nitro benzene ring substituents is 1. The van der Waals surface area contributed by atoms with Crippen LogP contribution < -0.4 is 0 Å². The summed E-state index contributed by atoms with van der Waals surface area (Å²) in [5.41, 5.74) is 2.25. The van der Waals surface area contributed by atoms with E-state index in [9.17, 15) is 10.1 Å². The number of rotatable bonds is 5. The average Bonchev–Trinajstić information content (AvgIpc) is 2.95. The van der Waals surface area contributed by atoms with Gasteiger partial charge in [-0.3, -0.25) is 10.1 Å². The van der Waals surface area contributed by atoms with Crippen LogP contribution in [-0.4, -0.2) is 29.5 Å². The van der Waals surface area contributed by atoms with Gasteiger partial charge >= 0.3 is 0 Å². The lowest BCUT2D eigenvalue weighted by Gasteiger charge is -2.21. The molecule has 1 saturated heterocycles. The Morgan fingerprint density at radius 1 is 1.27 bits per heavy atom. The molecule has 1 aliphatic rings. The van der Waals surface area contributed by atoms with Gasteiger partial charge in [-0.15, -0.1) is 0 Å². The molecular weight excluding hydrogens is 276 g/mol. The first-order valence-corrected chi connectivity index (χ1v) is 8.06. The number of hydrogen-bond acceptors (Lipinski definition) is 3. The molecule has 22 heavy (non-hydrogen) atoms. The van der Waals surface area contributed by atoms with Crippen LogP contribution in [0.2, 0.25) is 0 Å². The molecule has 0 spiro atoms. The molecule has 0 radical (unpaired) electrons. The third-order valence-electron chi connectivity index (χ3n) is 4.16. The minimum atomic E-state index is -0.325. The van der Waals surface area contributed by atoms with Gasteiger partial charge in [0.15, 0.2) is 0 Å². The first-order valence-electron chi connectivity index (χ1n) is 8.06. The van der Waals surface area contributed by atoms with Crippen molar-refractivity contribution in [3.63, 3.8) is 0 Å². The smallest absolute Gasteiger partial charge is 0.270 e. The Hall–Kier alpha value is -1.68. The molecule has 0 saturated carbocycles. The maximum Gasteiger partial charge on any atom is 0.270 e. The van der Waals surface area contributed by atoms with E-state index in [-0.39, 0.29) is 16.0 Å². The molecule has 0 unspecified atom stereocenters. The van der Waals surface area contributed by atoms with E-state index in [1.165, 1.54) is 25.9 Å². The summed E-state index contributed by atoms with van der Waals surface area (Å²) < 4.78 is 0. The summed E-state index contributed by atoms with van der Waals surface area (Å²) >= 11 is 0. The van der Waals surface area contributed by atoms with Crippen LogP contribution in [0.25, 0.3) is 6.08 Å². The molecule has 0 amide bonds. The molecule has 4 nitrogen and oxygen atoms in total. The summed E-state index contributed by atoms with van der Waals surface area (Å²) in [5, 5.41) is 11.0. The predicted molar refractivity (Wildman–Crippen MR) is 91.1 cm³/mol. The molecule has 0 aliphatic carbocycles. The van der Waals surface area contributed by atoms with Gasteiger partial charge in [-0.05, 0) is 48.9 Å². The van der Waals surface area contributed by atoms with Crippen LogP contribution in [0, 0.1) is 10.1 Å². The molecule has 0 aromatic heterocycles. The van der Waals surface area contributed by atoms with E-state index in [1.54, 1.807) is 12.1 Å². The third-order valence-corrected chi connectivity index (χ3v) is 4.16. The van der Waals surface area contributed by atoms with Crippen LogP contribution in [0.15, 0.2) is 24.3 Å². The van der Waals surface area contributed by atoms with Crippen molar-refractivity contribution in [3.05, 3.63) is 45.5 Å². The van der Waals surface area contributed by atoms with E-state index in [0.717, 1.165) is 24.1 Å². The maximum atomic E-state index is 11.0. The predicted octanol–water partition coefficient (Wildman–Crippen LogP) is 4.39. The van der Waals surface area contributed by atoms with Crippen molar-refractivity contribution in [3.8, 4) is 0 Å². The van der Waals surface area contributed by atoms with Crippen LogP contribution in [0.5, 0.6) is 0 Å². The summed E-state index contributed by atoms with van der Waals surface area (Å²) in [7, 11) is 0. The number of nitrogens with zero attached hydrogens (tertiary/aromatic N) is 2. The molecule has 4 heteroatoms. The van der Waals surface area contributed by atoms with Gasteiger partial charge in [0.1, 0.15) is 0 Å². The Kier molecular flexibility index (Phi) is 5.35. The van der Waals surface area contributed by atoms with E-state index in [0.29, 0.717) is 0 Å². The molecule has 0 atom stereocenters. The van der Waals surface area contributed by atoms with Crippen molar-refractivity contribution in [2.75, 3.05) is 19.6 Å². The first-order chi connectivity index (χ1) is 10.4. The highest BCUT2D eigenvalue weighted by Crippen LogP contribution is 2.29. The van der Waals surface area contributed by atoms with Crippen molar-refractivity contribution >= 4 is 11.8 Å². The highest BCUT2D eigenvalue weighted by molar-refractivity contribution is 5.59. The maximum absolute atomic E-state index is 11.0. The van der Waals surface area contributed by atoms with Crippen molar-refractivity contribution in [1.29, 1.82) is 0 Å². The Labute approximate surface area is 133 Å². The second-order valence-corrected chi connectivity index (χ2v) is 7.02. The normalized spacial score (nSPS) is 16.5. The summed E-state index contributed by atoms with van der Waals surface area (Å²) in [6.45, 7) is 9.90. The minimum Gasteiger partial charge on any atom is -0.303 e. The van der Waals surface area contributed by atoms with E-state index in [2.05, 4.69) is 31.7 Å². The molecule has 120 valence electrons. The van der Waals surface area contributed by atoms with Gasteiger partial charge in [0.2, 0.25) is 0 Å². The van der Waals surface area contributed by atoms with Crippen molar-refractivity contribution in [2.45, 2.75) is 45.4 Å². The van der Waals surface area contributed by atoms with E-state index >= 15 is 0 Å². The summed E-state index contributed by atoms with van der Waals surface area (Å²) in [4.78, 5) is 13.1. The summed E-state index contributed by atoms with van der Waals surface area (Å²) in [5.74, 6) is 0. The van der Waals surface area contributed by atoms with Gasteiger partial charge in [-0.2, -0.15) is 0 Å². The van der Waals surface area contributed by atoms with Gasteiger partial charge in [0.05, 0.1) is 4.92 Å². The zero-order valence-electron chi connectivity index (χ0n) is 13.8. The zero-order valence-corrected chi connectivity index (χ0v) is 13.8. The molecule has 1 aromatic carbocycles. The van der Waals surface area contributed by atoms with Crippen LogP contribution in [0.4, 0.5) is 5.69 Å². The molecule has 1 aliphatic heterocycles. The van der Waals surface area contributed by atoms with E-state index < -0.39 is 0 Å². The lowest BCUT2D eigenvalue weighted by molar-refractivity contribution is -0.384. The van der Waals surface area contributed by atoms with Gasteiger partial charge in [0.25, 0.3) is 5.69 Å². The van der Waals surface area contributed by atoms with Crippen molar-refractivity contribution in [2.24, 2.45) is 0 Å². The Balaban J connectivity index is 2.11. The molecule has 0 N–H and O–H groups in total. The highest BCUT2D eigenvalue weighted by atomic mass is 16.6.